The number of nitrogens with one attached hydrogen (secondary N) is 2. The predicted octanol–water partition coefficient (Wildman–Crippen LogP) is 1.01. The van der Waals surface area contributed by atoms with Gasteiger partial charge in [-0.1, -0.05) is 16.7 Å². The van der Waals surface area contributed by atoms with Crippen LogP contribution in [-0.2, 0) is 0 Å². The number of H-pyrrole nitrogens is 1. The van der Waals surface area contributed by atoms with Gasteiger partial charge in [0.15, 0.2) is 0 Å². The van der Waals surface area contributed by atoms with Crippen molar-refractivity contribution >= 4 is 29.1 Å². The molecule has 0 unspecified atom stereocenters. The smallest absolute Gasteiger partial charge is 0.283 e. The second kappa shape index (κ2) is 4.75. The third kappa shape index (κ3) is 2.40. The first-order valence-corrected chi connectivity index (χ1v) is 4.94. The fourth-order valence-electron chi connectivity index (χ4n) is 1.23. The van der Waals surface area contributed by atoms with Crippen LogP contribution in [0.1, 0.15) is 10.4 Å². The van der Waals surface area contributed by atoms with E-state index in [4.69, 9.17) is 11.6 Å². The highest BCUT2D eigenvalue weighted by molar-refractivity contribution is 6.31. The molecule has 2 N–H and O–H groups in total. The highest BCUT2D eigenvalue weighted by Gasteiger charge is 2.21. The van der Waals surface area contributed by atoms with Gasteiger partial charge in [-0.05, 0) is 17.3 Å². The lowest BCUT2D eigenvalue weighted by molar-refractivity contribution is -0.385. The Balaban J connectivity index is 2.32. The van der Waals surface area contributed by atoms with Crippen LogP contribution in [0.25, 0.3) is 0 Å². The Kier molecular flexibility index (Phi) is 3.15. The van der Waals surface area contributed by atoms with Crippen LogP contribution >= 0.6 is 11.6 Å². The second-order valence-electron chi connectivity index (χ2n) is 3.11. The number of rotatable bonds is 3. The number of amides is 1. The van der Waals surface area contributed by atoms with E-state index in [1.54, 1.807) is 0 Å². The van der Waals surface area contributed by atoms with Gasteiger partial charge in [-0.25, -0.2) is 0 Å². The second-order valence-corrected chi connectivity index (χ2v) is 3.54. The molecule has 0 fully saturated rings. The van der Waals surface area contributed by atoms with Crippen LogP contribution in [0.2, 0.25) is 5.02 Å². The number of benzene rings is 1. The van der Waals surface area contributed by atoms with Crippen molar-refractivity contribution in [3.8, 4) is 0 Å². The number of hydrogen-bond acceptors (Lipinski definition) is 6. The van der Waals surface area contributed by atoms with Crippen LogP contribution in [0.3, 0.4) is 0 Å². The van der Waals surface area contributed by atoms with Gasteiger partial charge in [0.1, 0.15) is 5.56 Å². The van der Waals surface area contributed by atoms with Crippen molar-refractivity contribution < 1.29 is 9.72 Å². The first-order valence-electron chi connectivity index (χ1n) is 4.56. The zero-order valence-electron chi connectivity index (χ0n) is 8.62. The lowest BCUT2D eigenvalue weighted by Gasteiger charge is -2.02. The molecule has 0 bridgehead atoms. The Morgan fingerprint density at radius 2 is 2.28 bits per heavy atom. The zero-order valence-corrected chi connectivity index (χ0v) is 9.38. The minimum atomic E-state index is -0.722. The molecular formula is C8H5ClN6O3. The van der Waals surface area contributed by atoms with Crippen molar-refractivity contribution in [1.29, 1.82) is 0 Å². The van der Waals surface area contributed by atoms with E-state index in [0.717, 1.165) is 6.07 Å². The van der Waals surface area contributed by atoms with Crippen LogP contribution in [0.5, 0.6) is 0 Å². The average molecular weight is 269 g/mol. The van der Waals surface area contributed by atoms with Gasteiger partial charge < -0.3 is 0 Å². The first kappa shape index (κ1) is 11.9. The quantitative estimate of drug-likeness (QED) is 0.632. The van der Waals surface area contributed by atoms with Crippen molar-refractivity contribution in [1.82, 2.24) is 20.6 Å². The maximum atomic E-state index is 11.8. The fraction of sp³-hybridized carbons (Fsp3) is 0. The molecule has 9 nitrogen and oxygen atoms in total. The number of tetrazole rings is 1. The van der Waals surface area contributed by atoms with Gasteiger partial charge in [0, 0.05) is 11.1 Å². The zero-order chi connectivity index (χ0) is 13.1. The number of nitro groups is 1. The molecule has 1 amide bonds. The molecule has 1 aromatic carbocycles. The topological polar surface area (TPSA) is 127 Å². The standard InChI is InChI=1S/C8H5ClN6O3/c9-4-1-2-5(6(3-4)15(17)18)7(16)10-8-11-13-14-12-8/h1-3H,(H2,10,11,12,13,14,16). The van der Waals surface area contributed by atoms with Gasteiger partial charge in [0.2, 0.25) is 0 Å². The summed E-state index contributed by atoms with van der Waals surface area (Å²) in [5.74, 6) is -0.802. The van der Waals surface area contributed by atoms with E-state index in [0.29, 0.717) is 0 Å². The molecule has 0 radical (unpaired) electrons. The fourth-order valence-corrected chi connectivity index (χ4v) is 1.40. The highest BCUT2D eigenvalue weighted by Crippen LogP contribution is 2.23. The molecule has 0 spiro atoms. The third-order valence-corrected chi connectivity index (χ3v) is 2.21. The van der Waals surface area contributed by atoms with Crippen LogP contribution < -0.4 is 5.32 Å². The Morgan fingerprint density at radius 3 is 2.89 bits per heavy atom. The maximum absolute atomic E-state index is 11.8. The number of carbonyl (C=O) groups is 1. The summed E-state index contributed by atoms with van der Waals surface area (Å²) >= 11 is 5.63. The Bertz CT molecular complexity index is 599. The number of nitro benzene ring substituents is 1. The number of hydrogen-bond donors (Lipinski definition) is 2. The van der Waals surface area contributed by atoms with Crippen LogP contribution in [0.4, 0.5) is 11.6 Å². The van der Waals surface area contributed by atoms with Crippen molar-refractivity contribution in [3.05, 3.63) is 38.9 Å². The predicted molar refractivity (Wildman–Crippen MR) is 60.2 cm³/mol. The van der Waals surface area contributed by atoms with E-state index in [1.807, 2.05) is 0 Å². The average Bonchev–Trinajstić information content (AvgIpc) is 2.81. The summed E-state index contributed by atoms with van der Waals surface area (Å²) < 4.78 is 0. The summed E-state index contributed by atoms with van der Waals surface area (Å²) in [5, 5.41) is 25.6. The summed E-state index contributed by atoms with van der Waals surface area (Å²) in [6.45, 7) is 0. The largest absolute Gasteiger partial charge is 0.288 e. The molecule has 0 saturated carbocycles. The third-order valence-electron chi connectivity index (χ3n) is 1.97. The molecule has 0 aliphatic rings. The van der Waals surface area contributed by atoms with E-state index in [-0.39, 0.29) is 16.5 Å². The SMILES string of the molecule is O=C(Nc1nn[nH]n1)c1ccc(Cl)cc1[N+](=O)[O-]. The Labute approximate surface area is 104 Å². The molecule has 1 heterocycles. The van der Waals surface area contributed by atoms with Gasteiger partial charge in [-0.2, -0.15) is 5.21 Å². The van der Waals surface area contributed by atoms with Crippen LogP contribution in [0.15, 0.2) is 18.2 Å². The van der Waals surface area contributed by atoms with Crippen LogP contribution in [-0.4, -0.2) is 31.5 Å². The first-order chi connectivity index (χ1) is 8.58. The molecule has 92 valence electrons. The number of anilines is 1. The monoisotopic (exact) mass is 268 g/mol. The van der Waals surface area contributed by atoms with Gasteiger partial charge >= 0.3 is 0 Å². The molecule has 2 rings (SSSR count). The molecule has 10 heteroatoms. The molecular weight excluding hydrogens is 264 g/mol. The molecule has 0 atom stereocenters. The minimum absolute atomic E-state index is 0.0794. The molecule has 0 saturated heterocycles. The van der Waals surface area contributed by atoms with Gasteiger partial charge in [-0.3, -0.25) is 20.2 Å². The van der Waals surface area contributed by atoms with Gasteiger partial charge in [0.25, 0.3) is 17.5 Å². The Morgan fingerprint density at radius 1 is 1.50 bits per heavy atom. The summed E-state index contributed by atoms with van der Waals surface area (Å²) in [4.78, 5) is 21.9. The number of halogens is 1. The molecule has 1 aromatic heterocycles. The highest BCUT2D eigenvalue weighted by atomic mass is 35.5. The summed E-state index contributed by atoms with van der Waals surface area (Å²) in [6, 6.07) is 3.71. The van der Waals surface area contributed by atoms with Gasteiger partial charge in [0.05, 0.1) is 4.92 Å². The number of carbonyl (C=O) groups excluding carboxylic acids is 1. The number of nitrogens with zero attached hydrogens (tertiary/aromatic N) is 4. The molecule has 18 heavy (non-hydrogen) atoms. The van der Waals surface area contributed by atoms with E-state index in [1.165, 1.54) is 12.1 Å². The van der Waals surface area contributed by atoms with E-state index < -0.39 is 16.5 Å². The van der Waals surface area contributed by atoms with Crippen molar-refractivity contribution in [2.24, 2.45) is 0 Å². The van der Waals surface area contributed by atoms with Crippen molar-refractivity contribution in [2.75, 3.05) is 5.32 Å². The van der Waals surface area contributed by atoms with Gasteiger partial charge in [-0.15, -0.1) is 5.10 Å². The molecule has 2 aromatic rings. The normalized spacial score (nSPS) is 10.1. The Hall–Kier alpha value is -2.55. The summed E-state index contributed by atoms with van der Waals surface area (Å²) in [5.41, 5.74) is -0.544. The summed E-state index contributed by atoms with van der Waals surface area (Å²) in [6.07, 6.45) is 0. The number of aromatic amines is 1. The summed E-state index contributed by atoms with van der Waals surface area (Å²) in [7, 11) is 0. The lowest BCUT2D eigenvalue weighted by atomic mass is 10.1. The van der Waals surface area contributed by atoms with E-state index in [9.17, 15) is 14.9 Å². The van der Waals surface area contributed by atoms with E-state index in [2.05, 4.69) is 25.9 Å². The maximum Gasteiger partial charge on any atom is 0.283 e. The lowest BCUT2D eigenvalue weighted by Crippen LogP contribution is -2.14. The van der Waals surface area contributed by atoms with Crippen LogP contribution in [0, 0.1) is 10.1 Å². The molecule has 0 aliphatic heterocycles. The van der Waals surface area contributed by atoms with Crippen molar-refractivity contribution in [3.63, 3.8) is 0 Å². The minimum Gasteiger partial charge on any atom is -0.288 e. The number of aromatic nitrogens is 4. The molecule has 0 aliphatic carbocycles. The van der Waals surface area contributed by atoms with E-state index >= 15 is 0 Å². The van der Waals surface area contributed by atoms with Crippen molar-refractivity contribution in [2.45, 2.75) is 0 Å².